The summed E-state index contributed by atoms with van der Waals surface area (Å²) in [5.74, 6) is 0.635. The number of nitrogens with zero attached hydrogens (tertiary/aromatic N) is 3. The minimum atomic E-state index is -0.601. The molecule has 2 atom stereocenters. The summed E-state index contributed by atoms with van der Waals surface area (Å²) in [4.78, 5) is 30.8. The molecular formula is C25H20N4O4S2. The number of benzene rings is 2. The molecule has 3 aliphatic heterocycles. The molecule has 0 unspecified atom stereocenters. The number of amides is 2. The summed E-state index contributed by atoms with van der Waals surface area (Å²) in [5, 5.41) is 11.5. The second kappa shape index (κ2) is 9.20. The SMILES string of the molecule is O=C(C[C@H]1SC(N2N=C(c3cccs3)C[C@H]2c2ccccc2)=NC1=O)Nc1ccc2c(c1)OCO2. The minimum Gasteiger partial charge on any atom is -0.454 e. The van der Waals surface area contributed by atoms with Crippen molar-refractivity contribution in [2.24, 2.45) is 10.1 Å². The van der Waals surface area contributed by atoms with Crippen molar-refractivity contribution in [1.82, 2.24) is 5.01 Å². The molecule has 0 spiro atoms. The summed E-state index contributed by atoms with van der Waals surface area (Å²) in [7, 11) is 0. The van der Waals surface area contributed by atoms with Crippen molar-refractivity contribution in [3.63, 3.8) is 0 Å². The maximum absolute atomic E-state index is 12.7. The van der Waals surface area contributed by atoms with Crippen LogP contribution in [-0.4, -0.2) is 39.7 Å². The number of carbonyl (C=O) groups is 2. The van der Waals surface area contributed by atoms with E-state index in [2.05, 4.69) is 22.4 Å². The number of fused-ring (bicyclic) bond motifs is 1. The molecule has 6 rings (SSSR count). The normalized spacial score (nSPS) is 20.7. The average Bonchev–Trinajstić information content (AvgIpc) is 3.66. The Morgan fingerprint density at radius 3 is 2.77 bits per heavy atom. The van der Waals surface area contributed by atoms with Gasteiger partial charge in [0.05, 0.1) is 16.6 Å². The first-order chi connectivity index (χ1) is 17.1. The number of thioether (sulfide) groups is 1. The van der Waals surface area contributed by atoms with Gasteiger partial charge in [0, 0.05) is 24.6 Å². The van der Waals surface area contributed by atoms with Crippen molar-refractivity contribution in [3.05, 3.63) is 76.5 Å². The van der Waals surface area contributed by atoms with Crippen molar-refractivity contribution in [1.29, 1.82) is 0 Å². The second-order valence-electron chi connectivity index (χ2n) is 8.16. The molecule has 3 aromatic rings. The Morgan fingerprint density at radius 2 is 1.94 bits per heavy atom. The summed E-state index contributed by atoms with van der Waals surface area (Å²) in [6.45, 7) is 0.164. The zero-order valence-corrected chi connectivity index (χ0v) is 20.1. The van der Waals surface area contributed by atoms with Gasteiger partial charge >= 0.3 is 0 Å². The largest absolute Gasteiger partial charge is 0.454 e. The minimum absolute atomic E-state index is 0.0102. The Labute approximate surface area is 209 Å². The first kappa shape index (κ1) is 21.9. The van der Waals surface area contributed by atoms with Crippen LogP contribution in [-0.2, 0) is 9.59 Å². The first-order valence-electron chi connectivity index (χ1n) is 11.1. The molecule has 0 radical (unpaired) electrons. The molecule has 0 aliphatic carbocycles. The summed E-state index contributed by atoms with van der Waals surface area (Å²) in [6.07, 6.45) is 0.726. The van der Waals surface area contributed by atoms with Gasteiger partial charge in [-0.3, -0.25) is 9.59 Å². The lowest BCUT2D eigenvalue weighted by Crippen LogP contribution is -2.25. The van der Waals surface area contributed by atoms with Gasteiger partial charge in [0.15, 0.2) is 16.7 Å². The number of thiophene rings is 1. The van der Waals surface area contributed by atoms with Crippen LogP contribution in [0.4, 0.5) is 5.69 Å². The summed E-state index contributed by atoms with van der Waals surface area (Å²) in [5.41, 5.74) is 2.65. The van der Waals surface area contributed by atoms with Crippen molar-refractivity contribution < 1.29 is 19.1 Å². The number of nitrogens with one attached hydrogen (secondary N) is 1. The smallest absolute Gasteiger partial charge is 0.262 e. The fourth-order valence-corrected chi connectivity index (χ4v) is 5.95. The van der Waals surface area contributed by atoms with E-state index in [1.54, 1.807) is 29.5 Å². The Hall–Kier alpha value is -3.63. The quantitative estimate of drug-likeness (QED) is 0.544. The van der Waals surface area contributed by atoms with E-state index < -0.39 is 5.25 Å². The monoisotopic (exact) mass is 504 g/mol. The van der Waals surface area contributed by atoms with Crippen molar-refractivity contribution in [2.45, 2.75) is 24.1 Å². The second-order valence-corrected chi connectivity index (χ2v) is 10.3. The number of hydrogen-bond donors (Lipinski definition) is 1. The molecule has 8 nitrogen and oxygen atoms in total. The number of carbonyl (C=O) groups excluding carboxylic acids is 2. The molecule has 2 amide bonds. The Bertz CT molecular complexity index is 1340. The number of rotatable bonds is 5. The highest BCUT2D eigenvalue weighted by Crippen LogP contribution is 2.39. The summed E-state index contributed by atoms with van der Waals surface area (Å²) in [6, 6.07) is 19.3. The summed E-state index contributed by atoms with van der Waals surface area (Å²) >= 11 is 2.93. The number of ether oxygens (including phenoxy) is 2. The van der Waals surface area contributed by atoms with Crippen molar-refractivity contribution in [3.8, 4) is 11.5 Å². The predicted molar refractivity (Wildman–Crippen MR) is 136 cm³/mol. The van der Waals surface area contributed by atoms with Gasteiger partial charge < -0.3 is 14.8 Å². The number of hydrogen-bond acceptors (Lipinski definition) is 8. The Morgan fingerprint density at radius 1 is 1.09 bits per heavy atom. The lowest BCUT2D eigenvalue weighted by molar-refractivity contribution is -0.121. The van der Waals surface area contributed by atoms with Gasteiger partial charge in [0.25, 0.3) is 5.91 Å². The maximum Gasteiger partial charge on any atom is 0.262 e. The molecule has 1 aromatic heterocycles. The van der Waals surface area contributed by atoms with Gasteiger partial charge in [-0.1, -0.05) is 48.2 Å². The van der Waals surface area contributed by atoms with E-state index >= 15 is 0 Å². The lowest BCUT2D eigenvalue weighted by atomic mass is 10.0. The molecule has 0 bridgehead atoms. The van der Waals surface area contributed by atoms with Crippen molar-refractivity contribution in [2.75, 3.05) is 12.1 Å². The molecule has 176 valence electrons. The summed E-state index contributed by atoms with van der Waals surface area (Å²) < 4.78 is 10.7. The molecule has 35 heavy (non-hydrogen) atoms. The average molecular weight is 505 g/mol. The van der Waals surface area contributed by atoms with Crippen LogP contribution in [0.25, 0.3) is 0 Å². The number of aliphatic imine (C=N–C) groups is 1. The topological polar surface area (TPSA) is 92.6 Å². The predicted octanol–water partition coefficient (Wildman–Crippen LogP) is 4.65. The van der Waals surface area contributed by atoms with E-state index in [1.807, 2.05) is 40.7 Å². The van der Waals surface area contributed by atoms with Gasteiger partial charge in [-0.2, -0.15) is 10.1 Å². The van der Waals surface area contributed by atoms with Crippen LogP contribution in [0.1, 0.15) is 29.3 Å². The van der Waals surface area contributed by atoms with Crippen molar-refractivity contribution >= 4 is 51.5 Å². The molecular weight excluding hydrogens is 484 g/mol. The molecule has 0 saturated heterocycles. The zero-order chi connectivity index (χ0) is 23.8. The lowest BCUT2D eigenvalue weighted by Gasteiger charge is -2.23. The zero-order valence-electron chi connectivity index (χ0n) is 18.4. The molecule has 10 heteroatoms. The van der Waals surface area contributed by atoms with Crippen LogP contribution in [0.2, 0.25) is 0 Å². The van der Waals surface area contributed by atoms with Gasteiger partial charge in [-0.15, -0.1) is 11.3 Å². The van der Waals surface area contributed by atoms with E-state index in [-0.39, 0.29) is 31.1 Å². The molecule has 0 fully saturated rings. The third kappa shape index (κ3) is 4.42. The van der Waals surface area contributed by atoms with Gasteiger partial charge in [-0.05, 0) is 29.1 Å². The van der Waals surface area contributed by atoms with Gasteiger partial charge in [-0.25, -0.2) is 5.01 Å². The third-order valence-corrected chi connectivity index (χ3v) is 7.91. The van der Waals surface area contributed by atoms with Crippen LogP contribution < -0.4 is 14.8 Å². The van der Waals surface area contributed by atoms with E-state index in [0.29, 0.717) is 28.8 Å². The molecule has 2 aromatic carbocycles. The number of amidine groups is 1. The Balaban J connectivity index is 1.17. The highest BCUT2D eigenvalue weighted by atomic mass is 32.2. The highest BCUT2D eigenvalue weighted by molar-refractivity contribution is 8.15. The highest BCUT2D eigenvalue weighted by Gasteiger charge is 2.39. The number of anilines is 1. The Kier molecular flexibility index (Phi) is 5.75. The standard InChI is InChI=1S/C25H20N4O4S2/c30-23(26-16-8-9-19-20(11-16)33-14-32-19)13-22-24(31)27-25(35-22)29-18(15-5-2-1-3-6-15)12-17(28-29)21-7-4-10-34-21/h1-11,18,22H,12-14H2,(H,26,30)/t18-,22+/m0/s1. The van der Waals surface area contributed by atoms with Crippen LogP contribution in [0, 0.1) is 0 Å². The maximum atomic E-state index is 12.7. The van der Waals surface area contributed by atoms with E-state index in [4.69, 9.17) is 14.6 Å². The van der Waals surface area contributed by atoms with E-state index in [0.717, 1.165) is 16.2 Å². The third-order valence-electron chi connectivity index (χ3n) is 5.85. The van der Waals surface area contributed by atoms with E-state index in [1.165, 1.54) is 11.8 Å². The molecule has 0 saturated carbocycles. The van der Waals surface area contributed by atoms with E-state index in [9.17, 15) is 9.59 Å². The van der Waals surface area contributed by atoms with Crippen LogP contribution in [0.15, 0.2) is 76.1 Å². The molecule has 1 N–H and O–H groups in total. The fourth-order valence-electron chi connectivity index (χ4n) is 4.17. The first-order valence-corrected chi connectivity index (χ1v) is 12.8. The van der Waals surface area contributed by atoms with Crippen LogP contribution >= 0.6 is 23.1 Å². The fraction of sp³-hybridized carbons (Fsp3) is 0.200. The van der Waals surface area contributed by atoms with Gasteiger partial charge in [0.1, 0.15) is 5.25 Å². The van der Waals surface area contributed by atoms with Crippen LogP contribution in [0.3, 0.4) is 0 Å². The number of hydrazone groups is 1. The molecule has 3 aliphatic rings. The van der Waals surface area contributed by atoms with Gasteiger partial charge in [0.2, 0.25) is 12.7 Å². The molecule has 4 heterocycles. The van der Waals surface area contributed by atoms with Crippen LogP contribution in [0.5, 0.6) is 11.5 Å².